The first-order valence-electron chi connectivity index (χ1n) is 3.52. The van der Waals surface area contributed by atoms with Crippen molar-refractivity contribution in [3.05, 3.63) is 12.4 Å². The summed E-state index contributed by atoms with van der Waals surface area (Å²) >= 11 is 1.39. The molecule has 0 aliphatic carbocycles. The van der Waals surface area contributed by atoms with Gasteiger partial charge in [-0.2, -0.15) is 4.37 Å². The fraction of sp³-hybridized carbons (Fsp3) is 0.286. The molecule has 62 valence electrons. The Balaban J connectivity index is 2.60. The van der Waals surface area contributed by atoms with E-state index in [0.717, 1.165) is 16.2 Å². The third-order valence-corrected chi connectivity index (χ3v) is 2.21. The van der Waals surface area contributed by atoms with E-state index in [4.69, 9.17) is 0 Å². The maximum atomic E-state index is 4.31. The summed E-state index contributed by atoms with van der Waals surface area (Å²) in [6.07, 6.45) is 3.57. The van der Waals surface area contributed by atoms with Crippen molar-refractivity contribution in [2.75, 3.05) is 19.0 Å². The van der Waals surface area contributed by atoms with Crippen LogP contribution < -0.4 is 4.90 Å². The second-order valence-electron chi connectivity index (χ2n) is 2.65. The molecule has 0 spiro atoms. The van der Waals surface area contributed by atoms with Crippen LogP contribution in [-0.4, -0.2) is 28.4 Å². The molecule has 0 bridgehead atoms. The van der Waals surface area contributed by atoms with Crippen molar-refractivity contribution in [3.8, 4) is 0 Å². The molecule has 12 heavy (non-hydrogen) atoms. The van der Waals surface area contributed by atoms with Gasteiger partial charge in [-0.15, -0.1) is 0 Å². The molecule has 2 heterocycles. The largest absolute Gasteiger partial charge is 0.347 e. The van der Waals surface area contributed by atoms with Gasteiger partial charge in [-0.1, -0.05) is 0 Å². The lowest BCUT2D eigenvalue weighted by Gasteiger charge is -2.07. The highest BCUT2D eigenvalue weighted by Crippen LogP contribution is 2.16. The predicted octanol–water partition coefficient (Wildman–Crippen LogP) is 1.15. The summed E-state index contributed by atoms with van der Waals surface area (Å²) in [4.78, 5) is 11.3. The monoisotopic (exact) mass is 180 g/mol. The van der Waals surface area contributed by atoms with Crippen LogP contribution in [-0.2, 0) is 0 Å². The van der Waals surface area contributed by atoms with Gasteiger partial charge in [-0.3, -0.25) is 0 Å². The molecular weight excluding hydrogens is 172 g/mol. The third kappa shape index (κ3) is 1.12. The molecule has 0 saturated heterocycles. The minimum absolute atomic E-state index is 0.728. The number of fused-ring (bicyclic) bond motifs is 1. The van der Waals surface area contributed by atoms with Crippen LogP contribution in [0.3, 0.4) is 0 Å². The molecule has 5 heteroatoms. The smallest absolute Gasteiger partial charge is 0.226 e. The van der Waals surface area contributed by atoms with Gasteiger partial charge in [0.2, 0.25) is 5.95 Å². The minimum atomic E-state index is 0.728. The van der Waals surface area contributed by atoms with Crippen LogP contribution in [0.2, 0.25) is 0 Å². The van der Waals surface area contributed by atoms with Crippen LogP contribution in [0.1, 0.15) is 0 Å². The fourth-order valence-electron chi connectivity index (χ4n) is 0.877. The van der Waals surface area contributed by atoms with Crippen molar-refractivity contribution in [3.63, 3.8) is 0 Å². The molecule has 0 N–H and O–H groups in total. The number of nitrogens with zero attached hydrogens (tertiary/aromatic N) is 4. The van der Waals surface area contributed by atoms with Crippen molar-refractivity contribution >= 4 is 27.7 Å². The van der Waals surface area contributed by atoms with Crippen molar-refractivity contribution in [2.45, 2.75) is 0 Å². The van der Waals surface area contributed by atoms with Gasteiger partial charge in [0.1, 0.15) is 4.83 Å². The van der Waals surface area contributed by atoms with E-state index in [-0.39, 0.29) is 0 Å². The molecule has 0 unspecified atom stereocenters. The summed E-state index contributed by atoms with van der Waals surface area (Å²) in [5, 5.41) is 1.01. The maximum absolute atomic E-state index is 4.31. The maximum Gasteiger partial charge on any atom is 0.226 e. The van der Waals surface area contributed by atoms with E-state index in [9.17, 15) is 0 Å². The van der Waals surface area contributed by atoms with Crippen LogP contribution in [0.4, 0.5) is 5.95 Å². The van der Waals surface area contributed by atoms with Crippen LogP contribution in [0.15, 0.2) is 12.4 Å². The highest BCUT2D eigenvalue weighted by atomic mass is 32.1. The Morgan fingerprint density at radius 1 is 1.33 bits per heavy atom. The van der Waals surface area contributed by atoms with Gasteiger partial charge in [0.05, 0.1) is 6.20 Å². The first-order valence-corrected chi connectivity index (χ1v) is 4.29. The molecule has 2 aromatic heterocycles. The summed E-state index contributed by atoms with van der Waals surface area (Å²) < 4.78 is 4.02. The van der Waals surface area contributed by atoms with E-state index >= 15 is 0 Å². The SMILES string of the molecule is CN(C)c1ncc2cnsc2n1. The van der Waals surface area contributed by atoms with E-state index in [1.807, 2.05) is 19.0 Å². The van der Waals surface area contributed by atoms with Crippen molar-refractivity contribution in [1.82, 2.24) is 14.3 Å². The highest BCUT2D eigenvalue weighted by Gasteiger charge is 2.02. The Kier molecular flexibility index (Phi) is 1.65. The van der Waals surface area contributed by atoms with Crippen LogP contribution >= 0.6 is 11.5 Å². The summed E-state index contributed by atoms with van der Waals surface area (Å²) in [5.74, 6) is 0.728. The van der Waals surface area contributed by atoms with Gasteiger partial charge >= 0.3 is 0 Å². The summed E-state index contributed by atoms with van der Waals surface area (Å²) in [7, 11) is 3.84. The standard InChI is InChI=1S/C7H8N4S/c1-11(2)7-8-3-5-4-9-12-6(5)10-7/h3-4H,1-2H3. The van der Waals surface area contributed by atoms with Gasteiger partial charge in [0, 0.05) is 25.7 Å². The number of anilines is 1. The molecule has 0 saturated carbocycles. The Bertz CT molecular complexity index is 395. The summed E-state index contributed by atoms with van der Waals surface area (Å²) in [5.41, 5.74) is 0. The number of hydrogen-bond donors (Lipinski definition) is 0. The van der Waals surface area contributed by atoms with Gasteiger partial charge in [-0.25, -0.2) is 9.97 Å². The highest BCUT2D eigenvalue weighted by molar-refractivity contribution is 7.12. The molecule has 2 aromatic rings. The topological polar surface area (TPSA) is 41.9 Å². The van der Waals surface area contributed by atoms with E-state index in [1.54, 1.807) is 12.4 Å². The van der Waals surface area contributed by atoms with E-state index in [2.05, 4.69) is 14.3 Å². The lowest BCUT2D eigenvalue weighted by molar-refractivity contribution is 1.02. The molecule has 0 aliphatic heterocycles. The van der Waals surface area contributed by atoms with Gasteiger partial charge < -0.3 is 4.90 Å². The normalized spacial score (nSPS) is 10.5. The Hall–Kier alpha value is -1.23. The van der Waals surface area contributed by atoms with Gasteiger partial charge in [-0.05, 0) is 11.5 Å². The van der Waals surface area contributed by atoms with E-state index in [1.165, 1.54) is 11.5 Å². The van der Waals surface area contributed by atoms with Crippen LogP contribution in [0.25, 0.3) is 10.2 Å². The van der Waals surface area contributed by atoms with Crippen LogP contribution in [0, 0.1) is 0 Å². The zero-order valence-corrected chi connectivity index (χ0v) is 7.67. The van der Waals surface area contributed by atoms with E-state index in [0.29, 0.717) is 0 Å². The fourth-order valence-corrected chi connectivity index (χ4v) is 1.48. The van der Waals surface area contributed by atoms with Crippen molar-refractivity contribution in [2.24, 2.45) is 0 Å². The molecule has 0 fully saturated rings. The second kappa shape index (κ2) is 2.67. The molecule has 0 radical (unpaired) electrons. The summed E-state index contributed by atoms with van der Waals surface area (Å²) in [6, 6.07) is 0. The number of hydrogen-bond acceptors (Lipinski definition) is 5. The number of aromatic nitrogens is 3. The molecule has 0 aliphatic rings. The zero-order chi connectivity index (χ0) is 8.55. The second-order valence-corrected chi connectivity index (χ2v) is 3.43. The van der Waals surface area contributed by atoms with Gasteiger partial charge in [0.25, 0.3) is 0 Å². The molecule has 0 aromatic carbocycles. The molecular formula is C7H8N4S. The average molecular weight is 180 g/mol. The first-order chi connectivity index (χ1) is 5.77. The average Bonchev–Trinajstić information content (AvgIpc) is 2.49. The zero-order valence-electron chi connectivity index (χ0n) is 6.85. The third-order valence-electron chi connectivity index (χ3n) is 1.50. The van der Waals surface area contributed by atoms with E-state index < -0.39 is 0 Å². The first kappa shape index (κ1) is 7.42. The Morgan fingerprint density at radius 2 is 2.17 bits per heavy atom. The quantitative estimate of drug-likeness (QED) is 0.660. The Labute approximate surface area is 74.0 Å². The van der Waals surface area contributed by atoms with Crippen molar-refractivity contribution in [1.29, 1.82) is 0 Å². The molecule has 0 atom stereocenters. The van der Waals surface area contributed by atoms with Crippen LogP contribution in [0.5, 0.6) is 0 Å². The number of rotatable bonds is 1. The van der Waals surface area contributed by atoms with Crippen molar-refractivity contribution < 1.29 is 0 Å². The lowest BCUT2D eigenvalue weighted by Crippen LogP contribution is -2.11. The molecule has 0 amide bonds. The lowest BCUT2D eigenvalue weighted by atomic mass is 10.5. The predicted molar refractivity (Wildman–Crippen MR) is 49.5 cm³/mol. The Morgan fingerprint density at radius 3 is 2.92 bits per heavy atom. The summed E-state index contributed by atoms with van der Waals surface area (Å²) in [6.45, 7) is 0. The minimum Gasteiger partial charge on any atom is -0.347 e. The van der Waals surface area contributed by atoms with Gasteiger partial charge in [0.15, 0.2) is 0 Å². The molecule has 4 nitrogen and oxygen atoms in total. The molecule has 2 rings (SSSR count).